The van der Waals surface area contributed by atoms with E-state index in [4.69, 9.17) is 0 Å². The summed E-state index contributed by atoms with van der Waals surface area (Å²) in [6.45, 7) is 11.0. The molecule has 0 N–H and O–H groups in total. The first-order valence-electron chi connectivity index (χ1n) is 13.2. The Morgan fingerprint density at radius 2 is 1.12 bits per heavy atom. The molecular formula is C27H50Br4O. The molecule has 32 heavy (non-hydrogen) atoms. The van der Waals surface area contributed by atoms with Crippen LogP contribution in [0.4, 0.5) is 0 Å². The van der Waals surface area contributed by atoms with Crippen molar-refractivity contribution in [2.75, 3.05) is 0 Å². The topological polar surface area (TPSA) is 17.1 Å². The second-order valence-electron chi connectivity index (χ2n) is 10.2. The molecule has 0 fully saturated rings. The van der Waals surface area contributed by atoms with E-state index in [1.165, 1.54) is 57.8 Å². The lowest BCUT2D eigenvalue weighted by Crippen LogP contribution is -2.35. The van der Waals surface area contributed by atoms with Crippen molar-refractivity contribution in [2.24, 2.45) is 11.3 Å². The highest BCUT2D eigenvalue weighted by Crippen LogP contribution is 2.54. The van der Waals surface area contributed by atoms with Gasteiger partial charge in [-0.15, -0.1) is 0 Å². The lowest BCUT2D eigenvalue weighted by molar-refractivity contribution is -0.128. The smallest absolute Gasteiger partial charge is 0.135 e. The molecule has 0 aliphatic heterocycles. The Morgan fingerprint density at radius 1 is 0.625 bits per heavy atom. The molecule has 5 heteroatoms. The van der Waals surface area contributed by atoms with Gasteiger partial charge in [0.15, 0.2) is 0 Å². The number of carbonyl (C=O) groups is 1. The number of hydrogen-bond donors (Lipinski definition) is 0. The van der Waals surface area contributed by atoms with Crippen molar-refractivity contribution in [2.45, 2.75) is 150 Å². The summed E-state index contributed by atoms with van der Waals surface area (Å²) in [5.74, 6) is 1.13. The minimum Gasteiger partial charge on any atom is -0.299 e. The van der Waals surface area contributed by atoms with Crippen molar-refractivity contribution < 1.29 is 4.79 Å². The van der Waals surface area contributed by atoms with Gasteiger partial charge in [0, 0.05) is 5.41 Å². The summed E-state index contributed by atoms with van der Waals surface area (Å²) in [7, 11) is 0. The summed E-state index contributed by atoms with van der Waals surface area (Å²) in [6.07, 6.45) is 20.0. The van der Waals surface area contributed by atoms with Crippen LogP contribution in [0.15, 0.2) is 0 Å². The fourth-order valence-corrected chi connectivity index (χ4v) is 6.53. The van der Waals surface area contributed by atoms with Gasteiger partial charge < -0.3 is 0 Å². The van der Waals surface area contributed by atoms with Crippen LogP contribution in [0, 0.1) is 11.3 Å². The molecule has 0 radical (unpaired) electrons. The molecule has 0 aromatic heterocycles. The molecule has 0 aromatic carbocycles. The molecule has 0 aliphatic carbocycles. The van der Waals surface area contributed by atoms with Crippen molar-refractivity contribution in [3.8, 4) is 0 Å². The zero-order valence-electron chi connectivity index (χ0n) is 21.5. The summed E-state index contributed by atoms with van der Waals surface area (Å²) >= 11 is 15.8. The van der Waals surface area contributed by atoms with E-state index in [-0.39, 0.29) is 11.9 Å². The van der Waals surface area contributed by atoms with Crippen LogP contribution in [0.25, 0.3) is 0 Å². The standard InChI is InChI=1S/C27H50Br4O/c1-6-9-12-13-16-23(4)17-22-25(24(5)32,18-11-8-3)19-15-21-27(30,31)26(28,29)20-14-10-7-2/h23H,6-22H2,1-5H3. The van der Waals surface area contributed by atoms with Crippen LogP contribution >= 0.6 is 63.7 Å². The van der Waals surface area contributed by atoms with Gasteiger partial charge >= 0.3 is 0 Å². The van der Waals surface area contributed by atoms with E-state index >= 15 is 0 Å². The molecule has 1 nitrogen and oxygen atoms in total. The van der Waals surface area contributed by atoms with Gasteiger partial charge in [-0.05, 0) is 51.4 Å². The highest BCUT2D eigenvalue weighted by Gasteiger charge is 2.44. The van der Waals surface area contributed by atoms with Gasteiger partial charge in [-0.25, -0.2) is 0 Å². The first-order valence-corrected chi connectivity index (χ1v) is 16.4. The zero-order valence-corrected chi connectivity index (χ0v) is 27.9. The highest BCUT2D eigenvalue weighted by molar-refractivity contribution is 9.30. The van der Waals surface area contributed by atoms with Gasteiger partial charge in [-0.2, -0.15) is 0 Å². The number of unbranched alkanes of at least 4 members (excludes halogenated alkanes) is 6. The van der Waals surface area contributed by atoms with Crippen LogP contribution in [0.3, 0.4) is 0 Å². The quantitative estimate of drug-likeness (QED) is 0.0856. The Hall–Kier alpha value is 1.59. The predicted molar refractivity (Wildman–Crippen MR) is 159 cm³/mol. The normalized spacial score (nSPS) is 15.5. The lowest BCUT2D eigenvalue weighted by atomic mass is 9.70. The van der Waals surface area contributed by atoms with E-state index in [0.29, 0.717) is 5.78 Å². The first-order chi connectivity index (χ1) is 15.0. The van der Waals surface area contributed by atoms with Crippen LogP contribution in [0.1, 0.15) is 144 Å². The minimum absolute atomic E-state index is 0.146. The maximum atomic E-state index is 13.0. The fourth-order valence-electron chi connectivity index (χ4n) is 4.62. The third-order valence-electron chi connectivity index (χ3n) is 7.20. The number of carbonyl (C=O) groups excluding carboxylic acids is 1. The maximum absolute atomic E-state index is 13.0. The Morgan fingerprint density at radius 3 is 1.66 bits per heavy atom. The molecule has 0 rings (SSSR count). The molecule has 0 heterocycles. The van der Waals surface area contributed by atoms with E-state index in [1.54, 1.807) is 0 Å². The molecular weight excluding hydrogens is 660 g/mol. The molecule has 2 atom stereocenters. The van der Waals surface area contributed by atoms with Crippen LogP contribution in [0.5, 0.6) is 0 Å². The number of ketones is 1. The van der Waals surface area contributed by atoms with E-state index in [9.17, 15) is 4.79 Å². The summed E-state index contributed by atoms with van der Waals surface area (Å²) < 4.78 is -0.405. The van der Waals surface area contributed by atoms with Gasteiger partial charge in [-0.1, -0.05) is 162 Å². The summed E-state index contributed by atoms with van der Waals surface area (Å²) in [5.41, 5.74) is -0.146. The van der Waals surface area contributed by atoms with Crippen molar-refractivity contribution >= 4 is 69.5 Å². The summed E-state index contributed by atoms with van der Waals surface area (Å²) in [5, 5.41) is 0. The maximum Gasteiger partial charge on any atom is 0.135 e. The SMILES string of the molecule is CCCCCCC(C)CCC(CCCC)(CCCC(Br)(Br)C(Br)(Br)CCCCC)C(C)=O. The number of halogens is 4. The largest absolute Gasteiger partial charge is 0.299 e. The van der Waals surface area contributed by atoms with Crippen molar-refractivity contribution in [1.29, 1.82) is 0 Å². The molecule has 0 bridgehead atoms. The first kappa shape index (κ1) is 33.6. The summed E-state index contributed by atoms with van der Waals surface area (Å²) in [4.78, 5) is 13.0. The number of rotatable bonds is 21. The second kappa shape index (κ2) is 17.9. The van der Waals surface area contributed by atoms with E-state index < -0.39 is 0 Å². The average molecular weight is 710 g/mol. The molecule has 0 amide bonds. The van der Waals surface area contributed by atoms with Crippen molar-refractivity contribution in [3.63, 3.8) is 0 Å². The highest BCUT2D eigenvalue weighted by atomic mass is 79.9. The van der Waals surface area contributed by atoms with Crippen LogP contribution in [0.2, 0.25) is 0 Å². The van der Waals surface area contributed by atoms with E-state index in [0.717, 1.165) is 57.3 Å². The number of Topliss-reactive ketones (excluding diaryl/α,β-unsaturated/α-hetero) is 1. The van der Waals surface area contributed by atoms with Crippen LogP contribution < -0.4 is 0 Å². The van der Waals surface area contributed by atoms with Crippen molar-refractivity contribution in [3.05, 3.63) is 0 Å². The van der Waals surface area contributed by atoms with Crippen LogP contribution in [-0.4, -0.2) is 12.3 Å². The Balaban J connectivity index is 5.01. The Kier molecular flexibility index (Phi) is 18.8. The lowest BCUT2D eigenvalue weighted by Gasteiger charge is -2.37. The van der Waals surface area contributed by atoms with Gasteiger partial charge in [0.2, 0.25) is 0 Å². The van der Waals surface area contributed by atoms with E-state index in [2.05, 4.69) is 91.4 Å². The number of alkyl halides is 4. The monoisotopic (exact) mass is 706 g/mol. The van der Waals surface area contributed by atoms with E-state index in [1.807, 2.05) is 6.92 Å². The molecule has 0 aliphatic rings. The van der Waals surface area contributed by atoms with Crippen LogP contribution in [-0.2, 0) is 4.79 Å². The van der Waals surface area contributed by atoms with Gasteiger partial charge in [0.25, 0.3) is 0 Å². The Labute approximate surface area is 234 Å². The molecule has 0 saturated heterocycles. The number of hydrogen-bond acceptors (Lipinski definition) is 1. The third-order valence-corrected chi connectivity index (χ3v) is 13.6. The minimum atomic E-state index is -0.222. The predicted octanol–water partition coefficient (Wildman–Crippen LogP) is 11.9. The van der Waals surface area contributed by atoms with Gasteiger partial charge in [-0.3, -0.25) is 4.79 Å². The molecule has 0 aromatic rings. The van der Waals surface area contributed by atoms with Gasteiger partial charge in [0.05, 0.1) is 0 Å². The molecule has 0 saturated carbocycles. The van der Waals surface area contributed by atoms with Crippen molar-refractivity contribution in [1.82, 2.24) is 0 Å². The second-order valence-corrected chi connectivity index (χ2v) is 17.7. The summed E-state index contributed by atoms with van der Waals surface area (Å²) in [6, 6.07) is 0. The third kappa shape index (κ3) is 13.1. The molecule has 0 spiro atoms. The Bertz CT molecular complexity index is 492. The average Bonchev–Trinajstić information content (AvgIpc) is 2.72. The molecule has 192 valence electrons. The molecule has 2 unspecified atom stereocenters. The van der Waals surface area contributed by atoms with Gasteiger partial charge in [0.1, 0.15) is 12.3 Å². The zero-order chi connectivity index (χ0) is 24.7. The fraction of sp³-hybridized carbons (Fsp3) is 0.963.